The molecule has 7 nitrogen and oxygen atoms in total. The van der Waals surface area contributed by atoms with Crippen LogP contribution in [0.15, 0.2) is 41.7 Å². The number of piperidine rings is 1. The summed E-state index contributed by atoms with van der Waals surface area (Å²) in [5.41, 5.74) is 8.46. The third kappa shape index (κ3) is 5.52. The highest BCUT2D eigenvalue weighted by molar-refractivity contribution is 7.99. The average molecular weight is 537 g/mol. The standard InChI is InChI=1S/C24H27Cl2FN6OS/c1-14(21-18(25)4-5-19(27)22(21)26)35-20-10-15(11-29-23(20)28)16-12-30-33(13-16)17-6-8-32(9-7-17)24(34)31(2)3/h4-5,10-14,17H,6-9H2,1-3H3,(H2,28,29). The first-order valence-electron chi connectivity index (χ1n) is 11.2. The van der Waals surface area contributed by atoms with E-state index in [-0.39, 0.29) is 22.3 Å². The largest absolute Gasteiger partial charge is 0.383 e. The predicted octanol–water partition coefficient (Wildman–Crippen LogP) is 6.15. The highest BCUT2D eigenvalue weighted by Gasteiger charge is 2.25. The van der Waals surface area contributed by atoms with Crippen molar-refractivity contribution in [2.24, 2.45) is 0 Å². The van der Waals surface area contributed by atoms with Crippen molar-refractivity contribution in [1.29, 1.82) is 0 Å². The zero-order valence-electron chi connectivity index (χ0n) is 19.7. The van der Waals surface area contributed by atoms with Crippen molar-refractivity contribution in [3.8, 4) is 11.1 Å². The van der Waals surface area contributed by atoms with Crippen LogP contribution in [0.3, 0.4) is 0 Å². The van der Waals surface area contributed by atoms with Crippen LogP contribution in [0.25, 0.3) is 11.1 Å². The van der Waals surface area contributed by atoms with Gasteiger partial charge in [-0.15, -0.1) is 11.8 Å². The molecular weight excluding hydrogens is 510 g/mol. The van der Waals surface area contributed by atoms with Gasteiger partial charge in [0.05, 0.1) is 22.2 Å². The van der Waals surface area contributed by atoms with Gasteiger partial charge in [-0.2, -0.15) is 5.10 Å². The number of thioether (sulfide) groups is 1. The highest BCUT2D eigenvalue weighted by atomic mass is 35.5. The summed E-state index contributed by atoms with van der Waals surface area (Å²) in [6.07, 6.45) is 7.21. The normalized spacial score (nSPS) is 15.3. The van der Waals surface area contributed by atoms with Crippen LogP contribution >= 0.6 is 35.0 Å². The molecule has 2 N–H and O–H groups in total. The Labute approximate surface area is 218 Å². The Kier molecular flexibility index (Phi) is 7.78. The summed E-state index contributed by atoms with van der Waals surface area (Å²) in [5, 5.41) is 4.74. The number of hydrogen-bond donors (Lipinski definition) is 1. The van der Waals surface area contributed by atoms with Gasteiger partial charge in [-0.3, -0.25) is 4.68 Å². The lowest BCUT2D eigenvalue weighted by molar-refractivity contribution is 0.146. The maximum Gasteiger partial charge on any atom is 0.319 e. The molecule has 1 aliphatic rings. The summed E-state index contributed by atoms with van der Waals surface area (Å²) in [7, 11) is 3.53. The van der Waals surface area contributed by atoms with Gasteiger partial charge in [-0.05, 0) is 38.0 Å². The minimum absolute atomic E-state index is 0.0137. The van der Waals surface area contributed by atoms with Crippen LogP contribution in [0.1, 0.15) is 36.6 Å². The number of amides is 2. The van der Waals surface area contributed by atoms with Crippen LogP contribution < -0.4 is 5.73 Å². The quantitative estimate of drug-likeness (QED) is 0.312. The molecule has 1 unspecified atom stereocenters. The number of pyridine rings is 1. The minimum atomic E-state index is -0.511. The fourth-order valence-corrected chi connectivity index (χ4v) is 6.10. The molecule has 1 saturated heterocycles. The average Bonchev–Trinajstić information content (AvgIpc) is 3.33. The molecule has 3 heterocycles. The zero-order valence-corrected chi connectivity index (χ0v) is 22.0. The molecule has 0 saturated carbocycles. The van der Waals surface area contributed by atoms with Gasteiger partial charge in [0.2, 0.25) is 0 Å². The Balaban J connectivity index is 1.49. The number of rotatable bonds is 5. The van der Waals surface area contributed by atoms with Gasteiger partial charge >= 0.3 is 6.03 Å². The van der Waals surface area contributed by atoms with E-state index in [2.05, 4.69) is 10.1 Å². The molecule has 1 atom stereocenters. The van der Waals surface area contributed by atoms with Gasteiger partial charge in [0.1, 0.15) is 11.6 Å². The van der Waals surface area contributed by atoms with E-state index in [1.165, 1.54) is 23.9 Å². The van der Waals surface area contributed by atoms with Crippen molar-refractivity contribution in [3.63, 3.8) is 0 Å². The van der Waals surface area contributed by atoms with E-state index in [0.29, 0.717) is 29.5 Å². The van der Waals surface area contributed by atoms with E-state index < -0.39 is 5.82 Å². The number of aromatic nitrogens is 3. The molecule has 4 rings (SSSR count). The molecule has 3 aromatic rings. The monoisotopic (exact) mass is 536 g/mol. The Morgan fingerprint density at radius 3 is 2.63 bits per heavy atom. The maximum atomic E-state index is 14.0. The lowest BCUT2D eigenvalue weighted by atomic mass is 10.1. The second-order valence-electron chi connectivity index (χ2n) is 8.73. The molecule has 0 bridgehead atoms. The van der Waals surface area contributed by atoms with Gasteiger partial charge < -0.3 is 15.5 Å². The number of benzene rings is 1. The number of halogens is 3. The number of anilines is 1. The number of carbonyl (C=O) groups is 1. The molecule has 0 spiro atoms. The molecule has 2 aromatic heterocycles. The number of nitrogen functional groups attached to an aromatic ring is 1. The molecule has 1 aromatic carbocycles. The van der Waals surface area contributed by atoms with Crippen LogP contribution in [0.2, 0.25) is 10.0 Å². The van der Waals surface area contributed by atoms with Crippen molar-refractivity contribution < 1.29 is 9.18 Å². The number of nitrogens with zero attached hydrogens (tertiary/aromatic N) is 5. The first-order chi connectivity index (χ1) is 16.7. The Hall–Kier alpha value is -2.49. The third-order valence-corrected chi connectivity index (χ3v) is 7.98. The van der Waals surface area contributed by atoms with E-state index in [0.717, 1.165) is 28.9 Å². The lowest BCUT2D eigenvalue weighted by Gasteiger charge is -2.33. The summed E-state index contributed by atoms with van der Waals surface area (Å²) in [4.78, 5) is 20.8. The molecule has 0 aliphatic carbocycles. The van der Waals surface area contributed by atoms with Gasteiger partial charge in [0.25, 0.3) is 0 Å². The van der Waals surface area contributed by atoms with E-state index >= 15 is 0 Å². The smallest absolute Gasteiger partial charge is 0.319 e. The minimum Gasteiger partial charge on any atom is -0.383 e. The molecule has 186 valence electrons. The number of urea groups is 1. The molecule has 1 aliphatic heterocycles. The molecule has 0 radical (unpaired) electrons. The van der Waals surface area contributed by atoms with E-state index in [1.54, 1.807) is 25.2 Å². The fraction of sp³-hybridized carbons (Fsp3) is 0.375. The molecule has 11 heteroatoms. The Morgan fingerprint density at radius 1 is 1.23 bits per heavy atom. The highest BCUT2D eigenvalue weighted by Crippen LogP contribution is 2.44. The summed E-state index contributed by atoms with van der Waals surface area (Å²) >= 11 is 13.9. The second-order valence-corrected chi connectivity index (χ2v) is 10.9. The zero-order chi connectivity index (χ0) is 25.3. The molecular formula is C24H27Cl2FN6OS. The fourth-order valence-electron chi connectivity index (χ4n) is 4.16. The van der Waals surface area contributed by atoms with Crippen LogP contribution in [0, 0.1) is 5.82 Å². The molecule has 2 amide bonds. The number of carbonyl (C=O) groups excluding carboxylic acids is 1. The summed E-state index contributed by atoms with van der Waals surface area (Å²) < 4.78 is 16.0. The first kappa shape index (κ1) is 25.6. The molecule has 1 fully saturated rings. The van der Waals surface area contributed by atoms with Crippen molar-refractivity contribution >= 4 is 46.8 Å². The Bertz CT molecular complexity index is 1230. The summed E-state index contributed by atoms with van der Waals surface area (Å²) in [6.45, 7) is 3.29. The van der Waals surface area contributed by atoms with Gasteiger partial charge in [-0.25, -0.2) is 14.2 Å². The Morgan fingerprint density at radius 2 is 1.94 bits per heavy atom. The van der Waals surface area contributed by atoms with Crippen LogP contribution in [-0.2, 0) is 0 Å². The van der Waals surface area contributed by atoms with Crippen molar-refractivity contribution in [2.75, 3.05) is 32.9 Å². The lowest BCUT2D eigenvalue weighted by Crippen LogP contribution is -2.44. The number of nitrogens with two attached hydrogens (primary N) is 1. The third-order valence-electron chi connectivity index (χ3n) is 6.10. The SMILES string of the molecule is CC(Sc1cc(-c2cnn(C3CCN(C(=O)N(C)C)CC3)c2)cnc1N)c1c(Cl)ccc(F)c1Cl. The molecule has 35 heavy (non-hydrogen) atoms. The topological polar surface area (TPSA) is 80.3 Å². The number of likely N-dealkylation sites (tertiary alicyclic amines) is 1. The van der Waals surface area contributed by atoms with Gasteiger partial charge in [0, 0.05) is 66.5 Å². The van der Waals surface area contributed by atoms with Crippen molar-refractivity contribution in [1.82, 2.24) is 24.6 Å². The van der Waals surface area contributed by atoms with Gasteiger partial charge in [0.15, 0.2) is 0 Å². The maximum absolute atomic E-state index is 14.0. The summed E-state index contributed by atoms with van der Waals surface area (Å²) in [5.74, 6) is -0.137. The van der Waals surface area contributed by atoms with E-state index in [9.17, 15) is 9.18 Å². The van der Waals surface area contributed by atoms with Gasteiger partial charge in [-0.1, -0.05) is 23.2 Å². The van der Waals surface area contributed by atoms with E-state index in [4.69, 9.17) is 28.9 Å². The second kappa shape index (κ2) is 10.6. The van der Waals surface area contributed by atoms with Crippen LogP contribution in [0.5, 0.6) is 0 Å². The first-order valence-corrected chi connectivity index (χ1v) is 12.9. The summed E-state index contributed by atoms with van der Waals surface area (Å²) in [6, 6.07) is 4.97. The van der Waals surface area contributed by atoms with Crippen LogP contribution in [-0.4, -0.2) is 57.8 Å². The van der Waals surface area contributed by atoms with Crippen LogP contribution in [0.4, 0.5) is 15.0 Å². The van der Waals surface area contributed by atoms with E-state index in [1.807, 2.05) is 35.0 Å². The van der Waals surface area contributed by atoms with Crippen molar-refractivity contribution in [3.05, 3.63) is 58.2 Å². The number of hydrogen-bond acceptors (Lipinski definition) is 5. The predicted molar refractivity (Wildman–Crippen MR) is 139 cm³/mol. The van der Waals surface area contributed by atoms with Crippen molar-refractivity contribution in [2.45, 2.75) is 36.0 Å².